The Labute approximate surface area is 123 Å². The Hall–Kier alpha value is -1.45. The zero-order chi connectivity index (χ0) is 13.7. The number of halogens is 2. The highest BCUT2D eigenvalue weighted by Gasteiger charge is 2.01. The number of nitrogens with one attached hydrogen (secondary N) is 2. The maximum atomic E-state index is 5.98. The smallest absolute Gasteiger partial charge is 0.127 e. The number of pyridine rings is 1. The average Bonchev–Trinajstić information content (AvgIpc) is 2.41. The third kappa shape index (κ3) is 4.01. The molecule has 0 radical (unpaired) electrons. The van der Waals surface area contributed by atoms with Gasteiger partial charge in [-0.3, -0.25) is 0 Å². The van der Waals surface area contributed by atoms with Gasteiger partial charge in [-0.15, -0.1) is 0 Å². The Balaban J connectivity index is 2.11. The van der Waals surface area contributed by atoms with Crippen LogP contribution in [0.2, 0.25) is 10.0 Å². The van der Waals surface area contributed by atoms with Gasteiger partial charge in [0.2, 0.25) is 0 Å². The van der Waals surface area contributed by atoms with Gasteiger partial charge in [0, 0.05) is 30.2 Å². The molecule has 0 aliphatic heterocycles. The minimum absolute atomic E-state index is 0.532. The fourth-order valence-electron chi connectivity index (χ4n) is 1.60. The van der Waals surface area contributed by atoms with E-state index in [1.165, 1.54) is 0 Å². The molecule has 0 aliphatic carbocycles. The third-order valence-corrected chi connectivity index (χ3v) is 3.26. The first kappa shape index (κ1) is 14.0. The summed E-state index contributed by atoms with van der Waals surface area (Å²) in [5, 5.41) is 7.59. The number of benzene rings is 1. The Morgan fingerprint density at radius 1 is 1.05 bits per heavy atom. The summed E-state index contributed by atoms with van der Waals surface area (Å²) in [6.07, 6.45) is 2.82. The van der Waals surface area contributed by atoms with E-state index in [-0.39, 0.29) is 0 Å². The first-order valence-corrected chi connectivity index (χ1v) is 6.86. The molecule has 0 fully saturated rings. The Morgan fingerprint density at radius 3 is 2.58 bits per heavy atom. The fourth-order valence-corrected chi connectivity index (χ4v) is 1.90. The summed E-state index contributed by atoms with van der Waals surface area (Å²) >= 11 is 11.9. The summed E-state index contributed by atoms with van der Waals surface area (Å²) in [4.78, 5) is 4.25. The highest BCUT2D eigenvalue weighted by atomic mass is 35.5. The molecule has 1 heterocycles. The lowest BCUT2D eigenvalue weighted by molar-refractivity contribution is 0.969. The molecule has 0 saturated carbocycles. The molecule has 0 bridgehead atoms. The lowest BCUT2D eigenvalue weighted by Gasteiger charge is -2.09. The molecule has 2 N–H and O–H groups in total. The molecule has 3 nitrogen and oxygen atoms in total. The summed E-state index contributed by atoms with van der Waals surface area (Å²) < 4.78 is 0. The van der Waals surface area contributed by atoms with Crippen LogP contribution in [0.1, 0.15) is 13.3 Å². The van der Waals surface area contributed by atoms with Crippen molar-refractivity contribution in [2.45, 2.75) is 13.3 Å². The summed E-state index contributed by atoms with van der Waals surface area (Å²) in [7, 11) is 0. The topological polar surface area (TPSA) is 37.0 Å². The molecular formula is C14H15Cl2N3. The molecule has 19 heavy (non-hydrogen) atoms. The molecule has 0 spiro atoms. The molecule has 0 amide bonds. The second kappa shape index (κ2) is 6.64. The summed E-state index contributed by atoms with van der Waals surface area (Å²) in [6.45, 7) is 3.02. The van der Waals surface area contributed by atoms with E-state index < -0.39 is 0 Å². The maximum absolute atomic E-state index is 5.98. The van der Waals surface area contributed by atoms with Crippen molar-refractivity contribution in [3.8, 4) is 0 Å². The quantitative estimate of drug-likeness (QED) is 0.819. The van der Waals surface area contributed by atoms with E-state index in [2.05, 4.69) is 22.5 Å². The first-order valence-electron chi connectivity index (χ1n) is 6.11. The zero-order valence-corrected chi connectivity index (χ0v) is 12.1. The van der Waals surface area contributed by atoms with Gasteiger partial charge in [0.05, 0.1) is 10.0 Å². The molecule has 0 atom stereocenters. The van der Waals surface area contributed by atoms with Crippen molar-refractivity contribution in [3.63, 3.8) is 0 Å². The second-order valence-electron chi connectivity index (χ2n) is 4.11. The van der Waals surface area contributed by atoms with Gasteiger partial charge in [0.1, 0.15) is 5.82 Å². The van der Waals surface area contributed by atoms with Crippen molar-refractivity contribution in [1.82, 2.24) is 4.98 Å². The Kier molecular flexibility index (Phi) is 4.88. The lowest BCUT2D eigenvalue weighted by Crippen LogP contribution is -2.02. The van der Waals surface area contributed by atoms with E-state index in [0.717, 1.165) is 30.2 Å². The molecular weight excluding hydrogens is 281 g/mol. The van der Waals surface area contributed by atoms with Gasteiger partial charge >= 0.3 is 0 Å². The van der Waals surface area contributed by atoms with Crippen LogP contribution in [0.25, 0.3) is 0 Å². The standard InChI is InChI=1S/C14H15Cl2N3/c1-2-6-17-14-9-11(5-7-18-14)19-10-3-4-12(15)13(16)8-10/h3-5,7-9H,2,6H2,1H3,(H2,17,18,19). The van der Waals surface area contributed by atoms with Crippen LogP contribution in [0.15, 0.2) is 36.5 Å². The van der Waals surface area contributed by atoms with Crippen molar-refractivity contribution in [2.24, 2.45) is 0 Å². The summed E-state index contributed by atoms with van der Waals surface area (Å²) in [6, 6.07) is 9.30. The molecule has 0 saturated heterocycles. The van der Waals surface area contributed by atoms with E-state index in [0.29, 0.717) is 10.0 Å². The largest absolute Gasteiger partial charge is 0.370 e. The minimum atomic E-state index is 0.532. The number of anilines is 3. The molecule has 0 unspecified atom stereocenters. The van der Waals surface area contributed by atoms with Gasteiger partial charge in [-0.25, -0.2) is 4.98 Å². The second-order valence-corrected chi connectivity index (χ2v) is 4.92. The molecule has 5 heteroatoms. The Morgan fingerprint density at radius 2 is 1.84 bits per heavy atom. The van der Waals surface area contributed by atoms with E-state index in [1.807, 2.05) is 18.2 Å². The average molecular weight is 296 g/mol. The predicted molar refractivity (Wildman–Crippen MR) is 82.8 cm³/mol. The van der Waals surface area contributed by atoms with Crippen molar-refractivity contribution < 1.29 is 0 Å². The number of rotatable bonds is 5. The van der Waals surface area contributed by atoms with Crippen LogP contribution >= 0.6 is 23.2 Å². The predicted octanol–water partition coefficient (Wildman–Crippen LogP) is 4.95. The molecule has 0 aliphatic rings. The highest BCUT2D eigenvalue weighted by Crippen LogP contribution is 2.27. The zero-order valence-electron chi connectivity index (χ0n) is 10.6. The van der Waals surface area contributed by atoms with Crippen molar-refractivity contribution in [2.75, 3.05) is 17.2 Å². The van der Waals surface area contributed by atoms with Crippen LogP contribution in [0.5, 0.6) is 0 Å². The lowest BCUT2D eigenvalue weighted by atomic mass is 10.3. The molecule has 2 aromatic rings. The van der Waals surface area contributed by atoms with Gasteiger partial charge in [0.15, 0.2) is 0 Å². The highest BCUT2D eigenvalue weighted by molar-refractivity contribution is 6.42. The van der Waals surface area contributed by atoms with E-state index in [4.69, 9.17) is 23.2 Å². The van der Waals surface area contributed by atoms with Gasteiger partial charge < -0.3 is 10.6 Å². The van der Waals surface area contributed by atoms with Crippen molar-refractivity contribution in [1.29, 1.82) is 0 Å². The van der Waals surface area contributed by atoms with Crippen LogP contribution < -0.4 is 10.6 Å². The summed E-state index contributed by atoms with van der Waals surface area (Å²) in [5.41, 5.74) is 1.84. The van der Waals surface area contributed by atoms with Crippen LogP contribution in [-0.4, -0.2) is 11.5 Å². The number of hydrogen-bond donors (Lipinski definition) is 2. The van der Waals surface area contributed by atoms with Crippen LogP contribution in [0.3, 0.4) is 0 Å². The monoisotopic (exact) mass is 295 g/mol. The molecule has 1 aromatic carbocycles. The van der Waals surface area contributed by atoms with Crippen molar-refractivity contribution in [3.05, 3.63) is 46.6 Å². The maximum Gasteiger partial charge on any atom is 0.127 e. The van der Waals surface area contributed by atoms with E-state index in [9.17, 15) is 0 Å². The normalized spacial score (nSPS) is 10.3. The van der Waals surface area contributed by atoms with Gasteiger partial charge in [0.25, 0.3) is 0 Å². The minimum Gasteiger partial charge on any atom is -0.370 e. The molecule has 100 valence electrons. The first-order chi connectivity index (χ1) is 9.19. The summed E-state index contributed by atoms with van der Waals surface area (Å²) in [5.74, 6) is 0.854. The van der Waals surface area contributed by atoms with E-state index in [1.54, 1.807) is 18.3 Å². The number of aromatic nitrogens is 1. The molecule has 1 aromatic heterocycles. The van der Waals surface area contributed by atoms with Gasteiger partial charge in [-0.05, 0) is 30.7 Å². The SMILES string of the molecule is CCCNc1cc(Nc2ccc(Cl)c(Cl)c2)ccn1. The number of nitrogens with zero attached hydrogens (tertiary/aromatic N) is 1. The fraction of sp³-hybridized carbons (Fsp3) is 0.214. The third-order valence-electron chi connectivity index (χ3n) is 2.52. The van der Waals surface area contributed by atoms with Gasteiger partial charge in [-0.1, -0.05) is 30.1 Å². The van der Waals surface area contributed by atoms with Crippen LogP contribution in [-0.2, 0) is 0 Å². The van der Waals surface area contributed by atoms with E-state index >= 15 is 0 Å². The van der Waals surface area contributed by atoms with Crippen LogP contribution in [0.4, 0.5) is 17.2 Å². The van der Waals surface area contributed by atoms with Crippen LogP contribution in [0, 0.1) is 0 Å². The number of hydrogen-bond acceptors (Lipinski definition) is 3. The Bertz CT molecular complexity index is 558. The molecule has 2 rings (SSSR count). The van der Waals surface area contributed by atoms with Crippen molar-refractivity contribution >= 4 is 40.4 Å². The van der Waals surface area contributed by atoms with Gasteiger partial charge in [-0.2, -0.15) is 0 Å².